The second-order valence-electron chi connectivity index (χ2n) is 6.73. The summed E-state index contributed by atoms with van der Waals surface area (Å²) >= 11 is 0. The maximum atomic E-state index is 12.1. The van der Waals surface area contributed by atoms with E-state index in [1.807, 2.05) is 18.3 Å². The Morgan fingerprint density at radius 2 is 2.16 bits per heavy atom. The molecule has 3 aromatic heterocycles. The molecule has 1 aliphatic rings. The molecule has 8 heteroatoms. The van der Waals surface area contributed by atoms with Gasteiger partial charge in [-0.05, 0) is 32.4 Å². The van der Waals surface area contributed by atoms with Crippen LogP contribution in [0.1, 0.15) is 20.3 Å². The number of nitrogens with one attached hydrogen (secondary N) is 2. The third-order valence-electron chi connectivity index (χ3n) is 4.75. The van der Waals surface area contributed by atoms with Gasteiger partial charge in [-0.3, -0.25) is 4.98 Å². The van der Waals surface area contributed by atoms with Crippen LogP contribution in [-0.2, 0) is 10.0 Å². The molecule has 25 heavy (non-hydrogen) atoms. The van der Waals surface area contributed by atoms with Crippen LogP contribution in [0.4, 0.5) is 5.69 Å². The topological polar surface area (TPSA) is 91.0 Å². The SMILES string of the molecule is CC(C)S(=O)(=O)NC1CCN(c2ccnc3cnc4[nH]ccc4c23)C1. The Kier molecular flexibility index (Phi) is 3.88. The molecule has 0 amide bonds. The summed E-state index contributed by atoms with van der Waals surface area (Å²) in [7, 11) is -3.26. The number of aromatic nitrogens is 3. The molecule has 1 aliphatic heterocycles. The molecule has 0 spiro atoms. The van der Waals surface area contributed by atoms with Gasteiger partial charge in [0.2, 0.25) is 10.0 Å². The van der Waals surface area contributed by atoms with Crippen molar-refractivity contribution in [3.8, 4) is 0 Å². The lowest BCUT2D eigenvalue weighted by atomic mass is 10.1. The minimum atomic E-state index is -3.26. The van der Waals surface area contributed by atoms with Gasteiger partial charge in [0.1, 0.15) is 5.65 Å². The van der Waals surface area contributed by atoms with Crippen molar-refractivity contribution in [3.05, 3.63) is 30.7 Å². The minimum Gasteiger partial charge on any atom is -0.369 e. The van der Waals surface area contributed by atoms with E-state index in [1.165, 1.54) is 0 Å². The maximum absolute atomic E-state index is 12.1. The van der Waals surface area contributed by atoms with Gasteiger partial charge in [0.25, 0.3) is 0 Å². The van der Waals surface area contributed by atoms with Gasteiger partial charge >= 0.3 is 0 Å². The number of fused-ring (bicyclic) bond motifs is 3. The smallest absolute Gasteiger partial charge is 0.214 e. The first kappa shape index (κ1) is 16.3. The van der Waals surface area contributed by atoms with Gasteiger partial charge in [0, 0.05) is 48.0 Å². The molecule has 7 nitrogen and oxygen atoms in total. The van der Waals surface area contributed by atoms with Gasteiger partial charge in [-0.1, -0.05) is 0 Å². The van der Waals surface area contributed by atoms with E-state index in [2.05, 4.69) is 24.6 Å². The number of hydrogen-bond acceptors (Lipinski definition) is 5. The highest BCUT2D eigenvalue weighted by atomic mass is 32.2. The summed E-state index contributed by atoms with van der Waals surface area (Å²) in [6.45, 7) is 4.85. The molecule has 0 aromatic carbocycles. The Hall–Kier alpha value is -2.19. The lowest BCUT2D eigenvalue weighted by molar-refractivity contribution is 0.553. The van der Waals surface area contributed by atoms with Crippen LogP contribution in [0, 0.1) is 0 Å². The van der Waals surface area contributed by atoms with Crippen molar-refractivity contribution in [1.82, 2.24) is 19.7 Å². The van der Waals surface area contributed by atoms with Crippen molar-refractivity contribution in [2.45, 2.75) is 31.6 Å². The predicted molar refractivity (Wildman–Crippen MR) is 99.2 cm³/mol. The average molecular weight is 359 g/mol. The number of nitrogens with zero attached hydrogens (tertiary/aromatic N) is 3. The fourth-order valence-electron chi connectivity index (χ4n) is 3.34. The summed E-state index contributed by atoms with van der Waals surface area (Å²) < 4.78 is 27.1. The summed E-state index contributed by atoms with van der Waals surface area (Å²) in [5.74, 6) is 0. The highest BCUT2D eigenvalue weighted by Gasteiger charge is 2.29. The van der Waals surface area contributed by atoms with E-state index in [9.17, 15) is 8.42 Å². The number of sulfonamides is 1. The Labute approximate surface area is 146 Å². The van der Waals surface area contributed by atoms with Crippen LogP contribution in [0.2, 0.25) is 0 Å². The van der Waals surface area contributed by atoms with Crippen molar-refractivity contribution in [2.24, 2.45) is 0 Å². The van der Waals surface area contributed by atoms with Crippen LogP contribution in [0.15, 0.2) is 30.7 Å². The van der Waals surface area contributed by atoms with Crippen molar-refractivity contribution >= 4 is 37.6 Å². The van der Waals surface area contributed by atoms with Crippen molar-refractivity contribution < 1.29 is 8.42 Å². The maximum Gasteiger partial charge on any atom is 0.214 e. The normalized spacial score (nSPS) is 18.7. The van der Waals surface area contributed by atoms with Gasteiger partial charge in [-0.15, -0.1) is 0 Å². The average Bonchev–Trinajstić information content (AvgIpc) is 3.22. The predicted octanol–water partition coefficient (Wildman–Crippen LogP) is 2.02. The van der Waals surface area contributed by atoms with E-state index in [1.54, 1.807) is 26.2 Å². The van der Waals surface area contributed by atoms with Crippen LogP contribution in [0.25, 0.3) is 21.9 Å². The highest BCUT2D eigenvalue weighted by Crippen LogP contribution is 2.32. The molecule has 1 unspecified atom stereocenters. The summed E-state index contributed by atoms with van der Waals surface area (Å²) in [6.07, 6.45) is 6.21. The van der Waals surface area contributed by atoms with E-state index in [0.29, 0.717) is 6.54 Å². The van der Waals surface area contributed by atoms with Gasteiger partial charge < -0.3 is 9.88 Å². The Morgan fingerprint density at radius 1 is 1.32 bits per heavy atom. The first-order valence-corrected chi connectivity index (χ1v) is 9.97. The van der Waals surface area contributed by atoms with Crippen LogP contribution < -0.4 is 9.62 Å². The van der Waals surface area contributed by atoms with E-state index in [4.69, 9.17) is 0 Å². The lowest BCUT2D eigenvalue weighted by Gasteiger charge is -2.21. The first-order valence-electron chi connectivity index (χ1n) is 8.42. The quantitative estimate of drug-likeness (QED) is 0.744. The summed E-state index contributed by atoms with van der Waals surface area (Å²) in [4.78, 5) is 14.2. The van der Waals surface area contributed by atoms with Gasteiger partial charge in [0.05, 0.1) is 17.0 Å². The van der Waals surface area contributed by atoms with E-state index in [0.717, 1.165) is 40.6 Å². The van der Waals surface area contributed by atoms with Crippen LogP contribution in [0.3, 0.4) is 0 Å². The number of hydrogen-bond donors (Lipinski definition) is 2. The molecule has 0 bridgehead atoms. The number of pyridine rings is 2. The number of anilines is 1. The molecule has 4 heterocycles. The van der Waals surface area contributed by atoms with Crippen LogP contribution in [-0.4, -0.2) is 47.8 Å². The molecule has 1 atom stereocenters. The monoisotopic (exact) mass is 359 g/mol. The zero-order chi connectivity index (χ0) is 17.6. The number of aromatic amines is 1. The number of H-pyrrole nitrogens is 1. The molecular weight excluding hydrogens is 338 g/mol. The van der Waals surface area contributed by atoms with Crippen molar-refractivity contribution in [2.75, 3.05) is 18.0 Å². The molecule has 0 aliphatic carbocycles. The van der Waals surface area contributed by atoms with Gasteiger partial charge in [-0.2, -0.15) is 0 Å². The van der Waals surface area contributed by atoms with Crippen molar-refractivity contribution in [3.63, 3.8) is 0 Å². The second-order valence-corrected chi connectivity index (χ2v) is 9.00. The van der Waals surface area contributed by atoms with Crippen LogP contribution >= 0.6 is 0 Å². The van der Waals surface area contributed by atoms with Gasteiger partial charge in [0.15, 0.2) is 0 Å². The summed E-state index contributed by atoms with van der Waals surface area (Å²) in [5.41, 5.74) is 2.75. The molecule has 4 rings (SSSR count). The number of rotatable bonds is 4. The molecule has 3 aromatic rings. The lowest BCUT2D eigenvalue weighted by Crippen LogP contribution is -2.40. The van der Waals surface area contributed by atoms with Crippen LogP contribution in [0.5, 0.6) is 0 Å². The Bertz CT molecular complexity index is 1030. The van der Waals surface area contributed by atoms with E-state index < -0.39 is 15.3 Å². The Morgan fingerprint density at radius 3 is 2.96 bits per heavy atom. The molecular formula is C17H21N5O2S. The molecule has 0 radical (unpaired) electrons. The molecule has 0 saturated carbocycles. The summed E-state index contributed by atoms with van der Waals surface area (Å²) in [6, 6.07) is 3.93. The highest BCUT2D eigenvalue weighted by molar-refractivity contribution is 7.90. The Balaban J connectivity index is 1.68. The first-order chi connectivity index (χ1) is 12.0. The standard InChI is InChI=1S/C17H21N5O2S/c1-11(2)25(23,24)21-12-5-8-22(10-12)15-4-7-18-14-9-20-17-13(16(14)15)3-6-19-17/h3-4,6-7,9,11-12,21H,5,8,10H2,1-2H3,(H,19,20). The zero-order valence-corrected chi connectivity index (χ0v) is 15.0. The minimum absolute atomic E-state index is 0.0702. The fraction of sp³-hybridized carbons (Fsp3) is 0.412. The fourth-order valence-corrected chi connectivity index (χ4v) is 4.27. The van der Waals surface area contributed by atoms with E-state index >= 15 is 0 Å². The molecule has 1 fully saturated rings. The van der Waals surface area contributed by atoms with E-state index in [-0.39, 0.29) is 6.04 Å². The molecule has 132 valence electrons. The third-order valence-corrected chi connectivity index (χ3v) is 6.65. The van der Waals surface area contributed by atoms with Gasteiger partial charge in [-0.25, -0.2) is 18.1 Å². The second kappa shape index (κ2) is 5.96. The summed E-state index contributed by atoms with van der Waals surface area (Å²) in [5, 5.41) is 1.67. The molecule has 1 saturated heterocycles. The largest absolute Gasteiger partial charge is 0.369 e. The molecule has 2 N–H and O–H groups in total. The third kappa shape index (κ3) is 2.85. The zero-order valence-electron chi connectivity index (χ0n) is 14.2. The van der Waals surface area contributed by atoms with Crippen molar-refractivity contribution in [1.29, 1.82) is 0 Å².